The molecule has 2 saturated heterocycles. The van der Waals surface area contributed by atoms with Crippen molar-refractivity contribution in [2.24, 2.45) is 11.8 Å². The van der Waals surface area contributed by atoms with Crippen LogP contribution >= 0.6 is 24.8 Å². The number of nitrogens with one attached hydrogen (secondary N) is 2. The maximum absolute atomic E-state index is 13.2. The first-order chi connectivity index (χ1) is 12.1. The molecule has 2 aliphatic heterocycles. The van der Waals surface area contributed by atoms with Crippen molar-refractivity contribution in [2.75, 3.05) is 19.6 Å². The molecule has 27 heavy (non-hydrogen) atoms. The highest BCUT2D eigenvalue weighted by Crippen LogP contribution is 2.43. The number of amides is 1. The van der Waals surface area contributed by atoms with Crippen LogP contribution in [-0.4, -0.2) is 35.4 Å². The fraction of sp³-hybridized carbons (Fsp3) is 0.400. The third kappa shape index (κ3) is 3.77. The van der Waals surface area contributed by atoms with Crippen molar-refractivity contribution in [3.05, 3.63) is 69.1 Å². The van der Waals surface area contributed by atoms with E-state index < -0.39 is 0 Å². The molecule has 2 aliphatic rings. The number of H-pyrrole nitrogens is 1. The lowest BCUT2D eigenvalue weighted by molar-refractivity contribution is 0.0712. The third-order valence-corrected chi connectivity index (χ3v) is 5.62. The van der Waals surface area contributed by atoms with Crippen LogP contribution in [0.25, 0.3) is 0 Å². The minimum Gasteiger partial charge on any atom is -0.331 e. The van der Waals surface area contributed by atoms with Crippen LogP contribution in [0.5, 0.6) is 0 Å². The number of aryl methyl sites for hydroxylation is 2. The van der Waals surface area contributed by atoms with Crippen molar-refractivity contribution in [3.8, 4) is 0 Å². The molecular weight excluding hydrogens is 385 g/mol. The topological polar surface area (TPSA) is 65.2 Å². The number of hydrogen-bond donors (Lipinski definition) is 2. The van der Waals surface area contributed by atoms with Gasteiger partial charge in [0.15, 0.2) is 0 Å². The van der Waals surface area contributed by atoms with Crippen molar-refractivity contribution in [2.45, 2.75) is 19.9 Å². The molecule has 0 spiro atoms. The second kappa shape index (κ2) is 8.46. The zero-order chi connectivity index (χ0) is 17.6. The lowest BCUT2D eigenvalue weighted by atomic mass is 9.87. The zero-order valence-corrected chi connectivity index (χ0v) is 17.0. The van der Waals surface area contributed by atoms with E-state index in [0.29, 0.717) is 18.4 Å². The summed E-state index contributed by atoms with van der Waals surface area (Å²) in [4.78, 5) is 30.1. The first-order valence-electron chi connectivity index (χ1n) is 8.83. The molecular formula is C20H25Cl2N3O2. The number of nitrogens with zero attached hydrogens (tertiary/aromatic N) is 1. The number of halogens is 2. The summed E-state index contributed by atoms with van der Waals surface area (Å²) in [6.07, 6.45) is 0. The van der Waals surface area contributed by atoms with E-state index in [1.807, 2.05) is 24.0 Å². The molecule has 0 saturated carbocycles. The maximum Gasteiger partial charge on any atom is 0.260 e. The summed E-state index contributed by atoms with van der Waals surface area (Å²) >= 11 is 0. The predicted molar refractivity (Wildman–Crippen MR) is 111 cm³/mol. The van der Waals surface area contributed by atoms with E-state index >= 15 is 0 Å². The molecule has 1 amide bonds. The van der Waals surface area contributed by atoms with Crippen LogP contribution in [-0.2, 0) is 0 Å². The fourth-order valence-electron chi connectivity index (χ4n) is 4.34. The van der Waals surface area contributed by atoms with E-state index in [2.05, 4.69) is 29.4 Å². The highest BCUT2D eigenvalue weighted by molar-refractivity contribution is 5.94. The van der Waals surface area contributed by atoms with Gasteiger partial charge in [0, 0.05) is 31.2 Å². The largest absolute Gasteiger partial charge is 0.331 e. The van der Waals surface area contributed by atoms with Crippen LogP contribution in [0, 0.1) is 25.7 Å². The first-order valence-corrected chi connectivity index (χ1v) is 8.83. The van der Waals surface area contributed by atoms with Crippen LogP contribution in [0.2, 0.25) is 0 Å². The molecule has 3 heterocycles. The molecule has 2 aromatic rings. The molecule has 0 aliphatic carbocycles. The lowest BCUT2D eigenvalue weighted by Gasteiger charge is -2.29. The van der Waals surface area contributed by atoms with Crippen molar-refractivity contribution >= 4 is 30.7 Å². The number of fused-ring (bicyclic) bond motifs is 1. The average Bonchev–Trinajstić information content (AvgIpc) is 3.16. The second-order valence-electron chi connectivity index (χ2n) is 7.23. The molecule has 2 N–H and O–H groups in total. The van der Waals surface area contributed by atoms with Gasteiger partial charge in [0.25, 0.3) is 11.5 Å². The molecule has 146 valence electrons. The number of aromatic nitrogens is 1. The quantitative estimate of drug-likeness (QED) is 0.801. The minimum atomic E-state index is -0.302. The summed E-state index contributed by atoms with van der Waals surface area (Å²) in [7, 11) is 0. The average molecular weight is 410 g/mol. The summed E-state index contributed by atoms with van der Waals surface area (Å²) in [6.45, 7) is 6.45. The summed E-state index contributed by atoms with van der Waals surface area (Å²) in [5.41, 5.74) is 3.08. The highest BCUT2D eigenvalue weighted by Gasteiger charge is 2.47. The van der Waals surface area contributed by atoms with Gasteiger partial charge in [-0.1, -0.05) is 24.3 Å². The molecule has 2 fully saturated rings. The maximum atomic E-state index is 13.2. The lowest BCUT2D eigenvalue weighted by Crippen LogP contribution is -2.37. The Labute approximate surface area is 171 Å². The van der Waals surface area contributed by atoms with E-state index in [4.69, 9.17) is 0 Å². The molecule has 4 rings (SSSR count). The van der Waals surface area contributed by atoms with Crippen molar-refractivity contribution in [1.29, 1.82) is 0 Å². The van der Waals surface area contributed by atoms with Crippen molar-refractivity contribution in [3.63, 3.8) is 0 Å². The van der Waals surface area contributed by atoms with Crippen LogP contribution in [0.3, 0.4) is 0 Å². The van der Waals surface area contributed by atoms with Gasteiger partial charge in [0.1, 0.15) is 5.56 Å². The molecule has 7 heteroatoms. The zero-order valence-electron chi connectivity index (χ0n) is 15.4. The predicted octanol–water partition coefficient (Wildman–Crippen LogP) is 2.87. The van der Waals surface area contributed by atoms with Crippen molar-refractivity contribution in [1.82, 2.24) is 15.2 Å². The standard InChI is InChI=1S/C20H23N3O2.2ClH/c1-12-5-3-4-6-15(12)18-17-10-21-9-14(17)11-23(18)20(25)16-8-7-13(2)22-19(16)24;;/h3-8,14,17-18,21H,9-11H2,1-2H3,(H,22,24);2*1H/t14-,17-,18-;;/m0../s1. The van der Waals surface area contributed by atoms with Crippen LogP contribution in [0.1, 0.15) is 33.2 Å². The summed E-state index contributed by atoms with van der Waals surface area (Å²) in [5, 5.41) is 3.46. The second-order valence-corrected chi connectivity index (χ2v) is 7.23. The number of benzene rings is 1. The number of pyridine rings is 1. The Morgan fingerprint density at radius 3 is 2.52 bits per heavy atom. The van der Waals surface area contributed by atoms with Gasteiger partial charge in [-0.05, 0) is 43.0 Å². The van der Waals surface area contributed by atoms with Gasteiger partial charge in [-0.25, -0.2) is 0 Å². The van der Waals surface area contributed by atoms with Gasteiger partial charge in [-0.15, -0.1) is 24.8 Å². The third-order valence-electron chi connectivity index (χ3n) is 5.62. The van der Waals surface area contributed by atoms with Gasteiger partial charge >= 0.3 is 0 Å². The van der Waals surface area contributed by atoms with Gasteiger partial charge in [-0.3, -0.25) is 9.59 Å². The molecule has 3 atom stereocenters. The Hall–Kier alpha value is -1.82. The minimum absolute atomic E-state index is 0. The summed E-state index contributed by atoms with van der Waals surface area (Å²) < 4.78 is 0. The van der Waals surface area contributed by atoms with E-state index in [1.54, 1.807) is 12.1 Å². The number of rotatable bonds is 2. The van der Waals surface area contributed by atoms with E-state index in [0.717, 1.165) is 18.8 Å². The monoisotopic (exact) mass is 409 g/mol. The van der Waals surface area contributed by atoms with E-state index in [-0.39, 0.29) is 47.9 Å². The summed E-state index contributed by atoms with van der Waals surface area (Å²) in [5.74, 6) is 0.677. The molecule has 5 nitrogen and oxygen atoms in total. The van der Waals surface area contributed by atoms with E-state index in [9.17, 15) is 9.59 Å². The smallest absolute Gasteiger partial charge is 0.260 e. The van der Waals surface area contributed by atoms with E-state index in [1.165, 1.54) is 11.1 Å². The highest BCUT2D eigenvalue weighted by atomic mass is 35.5. The summed E-state index contributed by atoms with van der Waals surface area (Å²) in [6, 6.07) is 11.7. The Morgan fingerprint density at radius 1 is 1.07 bits per heavy atom. The number of carbonyl (C=O) groups excluding carboxylic acids is 1. The molecule has 1 aromatic heterocycles. The SMILES string of the molecule is Cc1ccc(C(=O)N2C[C@@H]3CNC[C@@H]3[C@@H]2c2ccccc2C)c(=O)[nH]1.Cl.Cl. The van der Waals surface area contributed by atoms with Gasteiger partial charge < -0.3 is 15.2 Å². The number of likely N-dealkylation sites (tertiary alicyclic amines) is 1. The normalized spacial score (nSPS) is 23.3. The van der Waals surface area contributed by atoms with Gasteiger partial charge in [0.2, 0.25) is 0 Å². The molecule has 0 unspecified atom stereocenters. The molecule has 0 radical (unpaired) electrons. The van der Waals surface area contributed by atoms with Gasteiger partial charge in [-0.2, -0.15) is 0 Å². The number of hydrogen-bond acceptors (Lipinski definition) is 3. The Bertz CT molecular complexity index is 884. The van der Waals surface area contributed by atoms with Crippen molar-refractivity contribution < 1.29 is 4.79 Å². The Morgan fingerprint density at radius 2 is 1.81 bits per heavy atom. The van der Waals surface area contributed by atoms with Crippen LogP contribution in [0.4, 0.5) is 0 Å². The Kier molecular flexibility index (Phi) is 6.73. The first kappa shape index (κ1) is 21.5. The number of aromatic amines is 1. The fourth-order valence-corrected chi connectivity index (χ4v) is 4.34. The van der Waals surface area contributed by atoms with Crippen LogP contribution < -0.4 is 10.9 Å². The van der Waals surface area contributed by atoms with Crippen LogP contribution in [0.15, 0.2) is 41.2 Å². The Balaban J connectivity index is 0.00000131. The van der Waals surface area contributed by atoms with Gasteiger partial charge in [0.05, 0.1) is 6.04 Å². The number of carbonyl (C=O) groups is 1. The molecule has 1 aromatic carbocycles. The molecule has 0 bridgehead atoms.